The largest absolute Gasteiger partial charge is 0.273 e. The summed E-state index contributed by atoms with van der Waals surface area (Å²) in [4.78, 5) is 20.5. The number of rotatable bonds is 5. The van der Waals surface area contributed by atoms with E-state index in [1.54, 1.807) is 0 Å². The molecule has 1 aromatic carbocycles. The number of thiazole rings is 2. The highest BCUT2D eigenvalue weighted by molar-refractivity contribution is 7.13. The van der Waals surface area contributed by atoms with Gasteiger partial charge in [-0.15, -0.1) is 22.7 Å². The van der Waals surface area contributed by atoms with E-state index in [0.717, 1.165) is 21.3 Å². The van der Waals surface area contributed by atoms with Crippen LogP contribution in [0.25, 0.3) is 10.6 Å². The molecule has 0 bridgehead atoms. The van der Waals surface area contributed by atoms with E-state index in [2.05, 4.69) is 20.5 Å². The van der Waals surface area contributed by atoms with Crippen LogP contribution in [0.5, 0.6) is 0 Å². The summed E-state index contributed by atoms with van der Waals surface area (Å²) in [6.07, 6.45) is 1.74. The Bertz CT molecular complexity index is 870. The summed E-state index contributed by atoms with van der Waals surface area (Å²) in [5, 5.41) is 10.2. The highest BCUT2D eigenvalue weighted by atomic mass is 35.5. The third kappa shape index (κ3) is 4.47. The van der Waals surface area contributed by atoms with Crippen LogP contribution < -0.4 is 5.43 Å². The summed E-state index contributed by atoms with van der Waals surface area (Å²) in [6.45, 7) is 1.91. The number of hydrogen-bond donors (Lipinski definition) is 1. The summed E-state index contributed by atoms with van der Waals surface area (Å²) < 4.78 is 0. The number of halogens is 1. The molecule has 24 heavy (non-hydrogen) atoms. The third-order valence-corrected chi connectivity index (χ3v) is 4.99. The van der Waals surface area contributed by atoms with Gasteiger partial charge in [0.05, 0.1) is 29.0 Å². The fraction of sp³-hybridized carbons (Fsp3) is 0.125. The van der Waals surface area contributed by atoms with Gasteiger partial charge in [-0.1, -0.05) is 23.7 Å². The van der Waals surface area contributed by atoms with Crippen LogP contribution in [-0.4, -0.2) is 22.1 Å². The van der Waals surface area contributed by atoms with Crippen molar-refractivity contribution in [3.63, 3.8) is 0 Å². The van der Waals surface area contributed by atoms with Crippen molar-refractivity contribution in [2.45, 2.75) is 13.3 Å². The van der Waals surface area contributed by atoms with Crippen LogP contribution >= 0.6 is 34.3 Å². The zero-order valence-corrected chi connectivity index (χ0v) is 15.1. The fourth-order valence-corrected chi connectivity index (χ4v) is 3.45. The molecule has 0 fully saturated rings. The fourth-order valence-electron chi connectivity index (χ4n) is 1.93. The van der Waals surface area contributed by atoms with Crippen molar-refractivity contribution in [2.24, 2.45) is 5.10 Å². The zero-order valence-electron chi connectivity index (χ0n) is 12.7. The van der Waals surface area contributed by atoms with Gasteiger partial charge in [0, 0.05) is 21.3 Å². The smallest absolute Gasteiger partial charge is 0.246 e. The molecule has 0 aliphatic carbocycles. The van der Waals surface area contributed by atoms with E-state index in [1.165, 1.54) is 28.9 Å². The number of hydrazone groups is 1. The van der Waals surface area contributed by atoms with Gasteiger partial charge in [-0.05, 0) is 19.1 Å². The molecule has 0 aliphatic heterocycles. The molecule has 2 heterocycles. The Hall–Kier alpha value is -2.09. The summed E-state index contributed by atoms with van der Waals surface area (Å²) in [5.41, 5.74) is 4.92. The Morgan fingerprint density at radius 3 is 2.75 bits per heavy atom. The molecule has 0 atom stereocenters. The first-order chi connectivity index (χ1) is 11.6. The third-order valence-electron chi connectivity index (χ3n) is 3.01. The number of carbonyl (C=O) groups is 1. The van der Waals surface area contributed by atoms with Gasteiger partial charge < -0.3 is 0 Å². The van der Waals surface area contributed by atoms with Crippen LogP contribution in [0.3, 0.4) is 0 Å². The van der Waals surface area contributed by atoms with Crippen molar-refractivity contribution >= 4 is 46.4 Å². The first kappa shape index (κ1) is 16.8. The molecule has 1 N–H and O–H groups in total. The van der Waals surface area contributed by atoms with Gasteiger partial charge in [0.15, 0.2) is 0 Å². The SMILES string of the molecule is Cc1nc(CC(=O)N/N=C\c2csc(-c3ccc(Cl)cc3)n2)cs1. The molecule has 5 nitrogen and oxygen atoms in total. The van der Waals surface area contributed by atoms with Crippen molar-refractivity contribution in [1.82, 2.24) is 15.4 Å². The second-order valence-corrected chi connectivity index (χ2v) is 7.27. The number of aromatic nitrogens is 2. The van der Waals surface area contributed by atoms with E-state index in [4.69, 9.17) is 11.6 Å². The summed E-state index contributed by atoms with van der Waals surface area (Å²) >= 11 is 8.91. The number of hydrogen-bond acceptors (Lipinski definition) is 6. The predicted molar refractivity (Wildman–Crippen MR) is 98.9 cm³/mol. The molecule has 0 radical (unpaired) electrons. The van der Waals surface area contributed by atoms with Gasteiger partial charge in [0.2, 0.25) is 5.91 Å². The van der Waals surface area contributed by atoms with Crippen LogP contribution in [0.2, 0.25) is 5.02 Å². The summed E-state index contributed by atoms with van der Waals surface area (Å²) in [5.74, 6) is -0.204. The van der Waals surface area contributed by atoms with Gasteiger partial charge in [0.25, 0.3) is 0 Å². The van der Waals surface area contributed by atoms with E-state index in [0.29, 0.717) is 10.7 Å². The Morgan fingerprint density at radius 2 is 2.04 bits per heavy atom. The number of aryl methyl sites for hydroxylation is 1. The first-order valence-electron chi connectivity index (χ1n) is 7.04. The van der Waals surface area contributed by atoms with Gasteiger partial charge in [-0.3, -0.25) is 4.79 Å². The van der Waals surface area contributed by atoms with E-state index in [9.17, 15) is 4.79 Å². The molecule has 0 saturated carbocycles. The van der Waals surface area contributed by atoms with Crippen molar-refractivity contribution in [3.05, 3.63) is 56.4 Å². The number of carbonyl (C=O) groups excluding carboxylic acids is 1. The van der Waals surface area contributed by atoms with Crippen molar-refractivity contribution in [3.8, 4) is 10.6 Å². The maximum atomic E-state index is 11.8. The van der Waals surface area contributed by atoms with Gasteiger partial charge in [-0.2, -0.15) is 5.10 Å². The number of nitrogens with zero attached hydrogens (tertiary/aromatic N) is 3. The minimum atomic E-state index is -0.204. The maximum Gasteiger partial charge on any atom is 0.246 e. The van der Waals surface area contributed by atoms with Gasteiger partial charge in [-0.25, -0.2) is 15.4 Å². The van der Waals surface area contributed by atoms with E-state index < -0.39 is 0 Å². The van der Waals surface area contributed by atoms with Crippen molar-refractivity contribution in [1.29, 1.82) is 0 Å². The molecule has 2 aromatic heterocycles. The molecular weight excluding hydrogens is 364 g/mol. The first-order valence-corrected chi connectivity index (χ1v) is 9.18. The summed E-state index contributed by atoms with van der Waals surface area (Å²) in [7, 11) is 0. The van der Waals surface area contributed by atoms with Gasteiger partial charge in [0.1, 0.15) is 5.01 Å². The zero-order chi connectivity index (χ0) is 16.9. The van der Waals surface area contributed by atoms with Crippen molar-refractivity contribution in [2.75, 3.05) is 0 Å². The van der Waals surface area contributed by atoms with Gasteiger partial charge >= 0.3 is 0 Å². The number of nitrogens with one attached hydrogen (secondary N) is 1. The Labute approximate surface area is 152 Å². The minimum Gasteiger partial charge on any atom is -0.273 e. The summed E-state index contributed by atoms with van der Waals surface area (Å²) in [6, 6.07) is 7.48. The van der Waals surface area contributed by atoms with Crippen LogP contribution in [0.15, 0.2) is 40.1 Å². The molecule has 0 spiro atoms. The number of benzene rings is 1. The molecule has 8 heteroatoms. The highest BCUT2D eigenvalue weighted by Crippen LogP contribution is 2.24. The molecule has 3 aromatic rings. The Kier molecular flexibility index (Phi) is 5.34. The average molecular weight is 377 g/mol. The molecule has 0 aliphatic rings. The minimum absolute atomic E-state index is 0.204. The lowest BCUT2D eigenvalue weighted by atomic mass is 10.2. The standard InChI is InChI=1S/C16H13ClN4OS2/c1-10-19-13(8-23-10)6-15(22)21-18-7-14-9-24-16(20-14)11-2-4-12(17)5-3-11/h2-5,7-9H,6H2,1H3,(H,21,22)/b18-7-. The lowest BCUT2D eigenvalue weighted by Gasteiger charge is -1.96. The molecule has 0 saturated heterocycles. The molecule has 0 unspecified atom stereocenters. The lowest BCUT2D eigenvalue weighted by Crippen LogP contribution is -2.19. The maximum absolute atomic E-state index is 11.8. The highest BCUT2D eigenvalue weighted by Gasteiger charge is 2.06. The Balaban J connectivity index is 1.57. The predicted octanol–water partition coefficient (Wildman–Crippen LogP) is 3.92. The van der Waals surface area contributed by atoms with Crippen LogP contribution in [0.1, 0.15) is 16.4 Å². The second-order valence-electron chi connectivity index (χ2n) is 4.91. The lowest BCUT2D eigenvalue weighted by molar-refractivity contribution is -0.120. The van der Waals surface area contributed by atoms with Crippen LogP contribution in [0, 0.1) is 6.92 Å². The quantitative estimate of drug-likeness (QED) is 0.542. The average Bonchev–Trinajstić information content (AvgIpc) is 3.17. The van der Waals surface area contributed by atoms with Crippen molar-refractivity contribution < 1.29 is 4.79 Å². The van der Waals surface area contributed by atoms with E-state index >= 15 is 0 Å². The van der Waals surface area contributed by atoms with E-state index in [-0.39, 0.29) is 12.3 Å². The van der Waals surface area contributed by atoms with E-state index in [1.807, 2.05) is 41.9 Å². The van der Waals surface area contributed by atoms with Crippen LogP contribution in [-0.2, 0) is 11.2 Å². The molecular formula is C16H13ClN4OS2. The Morgan fingerprint density at radius 1 is 1.25 bits per heavy atom. The molecule has 3 rings (SSSR count). The topological polar surface area (TPSA) is 67.2 Å². The molecule has 1 amide bonds. The monoisotopic (exact) mass is 376 g/mol. The van der Waals surface area contributed by atoms with Crippen LogP contribution in [0.4, 0.5) is 0 Å². The molecule has 122 valence electrons. The normalized spacial score (nSPS) is 11.1. The number of amides is 1. The second kappa shape index (κ2) is 7.65.